The van der Waals surface area contributed by atoms with Gasteiger partial charge in [0.15, 0.2) is 0 Å². The molecule has 0 aromatic heterocycles. The molecule has 0 unspecified atom stereocenters. The third-order valence-corrected chi connectivity index (χ3v) is 4.33. The number of hydrogen-bond donors (Lipinski definition) is 2. The number of nitrogens with one attached hydrogen (secondary N) is 1. The Hall–Kier alpha value is -1.02. The van der Waals surface area contributed by atoms with Crippen molar-refractivity contribution in [1.29, 1.82) is 0 Å². The summed E-state index contributed by atoms with van der Waals surface area (Å²) in [6.07, 6.45) is 7.76. The molecule has 18 heavy (non-hydrogen) atoms. The van der Waals surface area contributed by atoms with Crippen molar-refractivity contribution < 1.29 is 0 Å². The number of rotatable bonds is 5. The number of nitrogens with two attached hydrogens (primary N) is 1. The summed E-state index contributed by atoms with van der Waals surface area (Å²) >= 11 is 0. The molecular weight excluding hydrogens is 220 g/mol. The van der Waals surface area contributed by atoms with Crippen molar-refractivity contribution in [2.24, 2.45) is 11.7 Å². The van der Waals surface area contributed by atoms with E-state index >= 15 is 0 Å². The molecule has 1 aromatic rings. The number of para-hydroxylation sites is 1. The first-order chi connectivity index (χ1) is 8.78. The van der Waals surface area contributed by atoms with Crippen molar-refractivity contribution in [3.8, 4) is 0 Å². The van der Waals surface area contributed by atoms with Gasteiger partial charge >= 0.3 is 0 Å². The molecule has 2 heteroatoms. The lowest BCUT2D eigenvalue weighted by Crippen LogP contribution is -2.48. The Morgan fingerprint density at radius 2 is 1.89 bits per heavy atom. The highest BCUT2D eigenvalue weighted by atomic mass is 15.0. The summed E-state index contributed by atoms with van der Waals surface area (Å²) in [6, 6.07) is 10.5. The fraction of sp³-hybridized carbons (Fsp3) is 0.625. The SMILES string of the molecule is CCCC1CCC(CN)(Nc2ccccc2)CC1. The van der Waals surface area contributed by atoms with Crippen LogP contribution >= 0.6 is 0 Å². The molecule has 100 valence electrons. The molecule has 2 nitrogen and oxygen atoms in total. The summed E-state index contributed by atoms with van der Waals surface area (Å²) < 4.78 is 0. The van der Waals surface area contributed by atoms with Crippen LogP contribution in [0.2, 0.25) is 0 Å². The first-order valence-corrected chi connectivity index (χ1v) is 7.31. The van der Waals surface area contributed by atoms with E-state index in [1.165, 1.54) is 44.2 Å². The van der Waals surface area contributed by atoms with E-state index in [1.54, 1.807) is 0 Å². The van der Waals surface area contributed by atoms with Gasteiger partial charge in [0.05, 0.1) is 0 Å². The predicted octanol–water partition coefficient (Wildman–Crippen LogP) is 3.79. The van der Waals surface area contributed by atoms with Crippen molar-refractivity contribution in [3.63, 3.8) is 0 Å². The second-order valence-corrected chi connectivity index (χ2v) is 5.71. The molecule has 1 saturated carbocycles. The summed E-state index contributed by atoms with van der Waals surface area (Å²) in [5.41, 5.74) is 7.38. The van der Waals surface area contributed by atoms with Gasteiger partial charge in [0.2, 0.25) is 0 Å². The third kappa shape index (κ3) is 3.26. The molecule has 1 aliphatic carbocycles. The van der Waals surface area contributed by atoms with E-state index in [0.717, 1.165) is 12.5 Å². The maximum atomic E-state index is 6.04. The van der Waals surface area contributed by atoms with Gasteiger partial charge < -0.3 is 11.1 Å². The van der Waals surface area contributed by atoms with Crippen LogP contribution in [0.15, 0.2) is 30.3 Å². The molecule has 0 spiro atoms. The van der Waals surface area contributed by atoms with Crippen molar-refractivity contribution in [3.05, 3.63) is 30.3 Å². The van der Waals surface area contributed by atoms with E-state index in [9.17, 15) is 0 Å². The van der Waals surface area contributed by atoms with Crippen LogP contribution in [-0.2, 0) is 0 Å². The number of benzene rings is 1. The molecule has 0 atom stereocenters. The molecule has 0 bridgehead atoms. The molecule has 0 radical (unpaired) electrons. The van der Waals surface area contributed by atoms with Crippen LogP contribution in [0, 0.1) is 5.92 Å². The Bertz CT molecular complexity index is 339. The second kappa shape index (κ2) is 6.24. The summed E-state index contributed by atoms with van der Waals surface area (Å²) in [7, 11) is 0. The van der Waals surface area contributed by atoms with Gasteiger partial charge in [-0.3, -0.25) is 0 Å². The molecule has 0 aliphatic heterocycles. The minimum absolute atomic E-state index is 0.131. The average molecular weight is 246 g/mol. The van der Waals surface area contributed by atoms with Gasteiger partial charge in [0, 0.05) is 17.8 Å². The molecular formula is C16H26N2. The van der Waals surface area contributed by atoms with Gasteiger partial charge in [-0.25, -0.2) is 0 Å². The topological polar surface area (TPSA) is 38.0 Å². The minimum atomic E-state index is 0.131. The van der Waals surface area contributed by atoms with E-state index in [-0.39, 0.29) is 5.54 Å². The lowest BCUT2D eigenvalue weighted by molar-refractivity contribution is 0.247. The van der Waals surface area contributed by atoms with Crippen LogP contribution in [0.4, 0.5) is 5.69 Å². The minimum Gasteiger partial charge on any atom is -0.378 e. The normalized spacial score (nSPS) is 28.0. The van der Waals surface area contributed by atoms with Crippen LogP contribution in [0.25, 0.3) is 0 Å². The fourth-order valence-electron chi connectivity index (χ4n) is 3.13. The van der Waals surface area contributed by atoms with Crippen LogP contribution in [0.5, 0.6) is 0 Å². The Labute approximate surface area is 111 Å². The first kappa shape index (κ1) is 13.4. The molecule has 2 rings (SSSR count). The summed E-state index contributed by atoms with van der Waals surface area (Å²) in [4.78, 5) is 0. The van der Waals surface area contributed by atoms with Gasteiger partial charge in [0.25, 0.3) is 0 Å². The third-order valence-electron chi connectivity index (χ3n) is 4.33. The van der Waals surface area contributed by atoms with E-state index in [4.69, 9.17) is 5.73 Å². The molecule has 0 heterocycles. The van der Waals surface area contributed by atoms with Crippen molar-refractivity contribution in [1.82, 2.24) is 0 Å². The summed E-state index contributed by atoms with van der Waals surface area (Å²) in [6.45, 7) is 3.02. The Morgan fingerprint density at radius 1 is 1.22 bits per heavy atom. The van der Waals surface area contributed by atoms with E-state index in [0.29, 0.717) is 0 Å². The predicted molar refractivity (Wildman–Crippen MR) is 78.7 cm³/mol. The molecule has 0 amide bonds. The summed E-state index contributed by atoms with van der Waals surface area (Å²) in [5.74, 6) is 0.923. The van der Waals surface area contributed by atoms with Gasteiger partial charge in [0.1, 0.15) is 0 Å². The van der Waals surface area contributed by atoms with E-state index in [2.05, 4.69) is 42.6 Å². The lowest BCUT2D eigenvalue weighted by Gasteiger charge is -2.41. The zero-order valence-corrected chi connectivity index (χ0v) is 11.5. The Morgan fingerprint density at radius 3 is 2.44 bits per heavy atom. The Balaban J connectivity index is 1.96. The van der Waals surface area contributed by atoms with Gasteiger partial charge in [-0.05, 0) is 43.7 Å². The quantitative estimate of drug-likeness (QED) is 0.829. The zero-order valence-electron chi connectivity index (χ0n) is 11.5. The molecule has 1 aromatic carbocycles. The molecule has 0 saturated heterocycles. The van der Waals surface area contributed by atoms with E-state index in [1.807, 2.05) is 0 Å². The second-order valence-electron chi connectivity index (χ2n) is 5.71. The standard InChI is InChI=1S/C16H26N2/c1-2-6-14-9-11-16(13-17,12-10-14)18-15-7-4-3-5-8-15/h3-5,7-8,14,18H,2,6,9-13,17H2,1H3. The smallest absolute Gasteiger partial charge is 0.0495 e. The van der Waals surface area contributed by atoms with E-state index < -0.39 is 0 Å². The van der Waals surface area contributed by atoms with Crippen LogP contribution < -0.4 is 11.1 Å². The molecule has 3 N–H and O–H groups in total. The summed E-state index contributed by atoms with van der Waals surface area (Å²) in [5, 5.41) is 3.68. The highest BCUT2D eigenvalue weighted by Crippen LogP contribution is 2.36. The van der Waals surface area contributed by atoms with Gasteiger partial charge in [-0.15, -0.1) is 0 Å². The molecule has 1 fully saturated rings. The fourth-order valence-corrected chi connectivity index (χ4v) is 3.13. The van der Waals surface area contributed by atoms with Crippen molar-refractivity contribution in [2.75, 3.05) is 11.9 Å². The zero-order chi connectivity index (χ0) is 12.8. The molecule has 1 aliphatic rings. The number of anilines is 1. The average Bonchev–Trinajstić information content (AvgIpc) is 2.43. The monoisotopic (exact) mass is 246 g/mol. The highest BCUT2D eigenvalue weighted by molar-refractivity contribution is 5.45. The van der Waals surface area contributed by atoms with Crippen molar-refractivity contribution in [2.45, 2.75) is 51.0 Å². The maximum Gasteiger partial charge on any atom is 0.0495 e. The first-order valence-electron chi connectivity index (χ1n) is 7.31. The van der Waals surface area contributed by atoms with Crippen LogP contribution in [-0.4, -0.2) is 12.1 Å². The van der Waals surface area contributed by atoms with Crippen LogP contribution in [0.1, 0.15) is 45.4 Å². The van der Waals surface area contributed by atoms with Crippen molar-refractivity contribution >= 4 is 5.69 Å². The lowest BCUT2D eigenvalue weighted by atomic mass is 9.75. The highest BCUT2D eigenvalue weighted by Gasteiger charge is 2.33. The largest absolute Gasteiger partial charge is 0.378 e. The van der Waals surface area contributed by atoms with Gasteiger partial charge in [-0.1, -0.05) is 38.0 Å². The Kier molecular flexibility index (Phi) is 4.65. The maximum absolute atomic E-state index is 6.04. The van der Waals surface area contributed by atoms with Crippen LogP contribution in [0.3, 0.4) is 0 Å². The number of hydrogen-bond acceptors (Lipinski definition) is 2. The van der Waals surface area contributed by atoms with Gasteiger partial charge in [-0.2, -0.15) is 0 Å².